The Bertz CT molecular complexity index is 253. The van der Waals surface area contributed by atoms with Crippen molar-refractivity contribution in [1.82, 2.24) is 0 Å². The van der Waals surface area contributed by atoms with Gasteiger partial charge >= 0.3 is 5.97 Å². The van der Waals surface area contributed by atoms with Gasteiger partial charge in [-0.15, -0.1) is 0 Å². The summed E-state index contributed by atoms with van der Waals surface area (Å²) in [7, 11) is -1.48. The Balaban J connectivity index is 3.69. The van der Waals surface area contributed by atoms with E-state index in [2.05, 4.69) is 27.0 Å². The summed E-state index contributed by atoms with van der Waals surface area (Å²) in [5.41, 5.74) is 0.465. The second-order valence-electron chi connectivity index (χ2n) is 4.61. The average molecular weight is 258 g/mol. The molecule has 0 rings (SSSR count). The first kappa shape index (κ1) is 16.4. The van der Waals surface area contributed by atoms with Crippen LogP contribution in [0.5, 0.6) is 0 Å². The lowest BCUT2D eigenvalue weighted by Gasteiger charge is -2.25. The van der Waals surface area contributed by atoms with Gasteiger partial charge in [0.05, 0.1) is 6.61 Å². The predicted molar refractivity (Wildman–Crippen MR) is 73.5 cm³/mol. The number of ether oxygens (including phenoxy) is 1. The maximum atomic E-state index is 11.1. The molecule has 0 aliphatic heterocycles. The smallest absolute Gasteiger partial charge is 0.333 e. The molecule has 100 valence electrons. The zero-order chi connectivity index (χ0) is 13.3. The minimum absolute atomic E-state index is 0.287. The summed E-state index contributed by atoms with van der Waals surface area (Å²) < 4.78 is 10.9. The van der Waals surface area contributed by atoms with Gasteiger partial charge in [-0.1, -0.05) is 19.9 Å². The number of carbonyl (C=O) groups excluding carboxylic acids is 1. The van der Waals surface area contributed by atoms with Crippen LogP contribution in [0.25, 0.3) is 0 Å². The number of unbranched alkanes of at least 4 members (excludes halogenated alkanes) is 1. The molecular formula is C13H26O3Si. The average Bonchev–Trinajstić information content (AvgIpc) is 2.28. The van der Waals surface area contributed by atoms with Crippen LogP contribution in [0.15, 0.2) is 12.2 Å². The van der Waals surface area contributed by atoms with E-state index in [0.717, 1.165) is 31.5 Å². The van der Waals surface area contributed by atoms with Crippen LogP contribution < -0.4 is 0 Å². The highest BCUT2D eigenvalue weighted by Crippen LogP contribution is 2.19. The van der Waals surface area contributed by atoms with E-state index < -0.39 is 8.32 Å². The molecule has 0 spiro atoms. The van der Waals surface area contributed by atoms with Crippen molar-refractivity contribution in [2.24, 2.45) is 0 Å². The molecule has 0 saturated carbocycles. The maximum Gasteiger partial charge on any atom is 0.333 e. The highest BCUT2D eigenvalue weighted by Gasteiger charge is 2.25. The van der Waals surface area contributed by atoms with Gasteiger partial charge in [-0.2, -0.15) is 0 Å². The lowest BCUT2D eigenvalue weighted by molar-refractivity contribution is -0.139. The minimum atomic E-state index is -1.48. The Kier molecular flexibility index (Phi) is 8.17. The predicted octanol–water partition coefficient (Wildman–Crippen LogP) is 3.52. The number of rotatable bonds is 9. The fourth-order valence-corrected chi connectivity index (χ4v) is 3.99. The first-order chi connectivity index (χ1) is 7.95. The molecule has 0 amide bonds. The maximum absolute atomic E-state index is 11.1. The minimum Gasteiger partial charge on any atom is -0.462 e. The van der Waals surface area contributed by atoms with Crippen molar-refractivity contribution in [1.29, 1.82) is 0 Å². The molecule has 0 aliphatic rings. The van der Waals surface area contributed by atoms with Crippen LogP contribution in [0, 0.1) is 0 Å². The fraction of sp³-hybridized carbons (Fsp3) is 0.769. The molecule has 0 radical (unpaired) electrons. The van der Waals surface area contributed by atoms with E-state index in [-0.39, 0.29) is 5.97 Å². The van der Waals surface area contributed by atoms with Crippen LogP contribution >= 0.6 is 0 Å². The zero-order valence-corrected chi connectivity index (χ0v) is 12.7. The summed E-state index contributed by atoms with van der Waals surface area (Å²) in [6.07, 6.45) is 1.98. The molecule has 0 N–H and O–H groups in total. The van der Waals surface area contributed by atoms with Gasteiger partial charge in [0.15, 0.2) is 8.32 Å². The Labute approximate surface area is 106 Å². The van der Waals surface area contributed by atoms with Gasteiger partial charge in [-0.3, -0.25) is 0 Å². The van der Waals surface area contributed by atoms with E-state index in [1.54, 1.807) is 6.92 Å². The van der Waals surface area contributed by atoms with Gasteiger partial charge in [-0.05, 0) is 38.9 Å². The van der Waals surface area contributed by atoms with Gasteiger partial charge in [0.2, 0.25) is 0 Å². The van der Waals surface area contributed by atoms with Gasteiger partial charge in [0, 0.05) is 12.2 Å². The second kappa shape index (κ2) is 8.47. The largest absolute Gasteiger partial charge is 0.462 e. The van der Waals surface area contributed by atoms with Gasteiger partial charge in [0.25, 0.3) is 0 Å². The molecule has 0 heterocycles. The lowest BCUT2D eigenvalue weighted by atomic mass is 10.3. The van der Waals surface area contributed by atoms with E-state index in [1.807, 2.05) is 0 Å². The molecule has 0 saturated heterocycles. The standard InChI is InChI=1S/C13H26O3Si/c1-6-16-17(5,7-2)11-9-8-10-15-13(14)12(3)4/h3,6-11H2,1-2,4-5H3. The topological polar surface area (TPSA) is 35.5 Å². The van der Waals surface area contributed by atoms with Crippen LogP contribution in [-0.4, -0.2) is 27.5 Å². The molecule has 0 fully saturated rings. The normalized spacial score (nSPS) is 14.1. The van der Waals surface area contributed by atoms with Crippen molar-refractivity contribution in [2.75, 3.05) is 13.2 Å². The summed E-state index contributed by atoms with van der Waals surface area (Å²) in [6.45, 7) is 13.0. The Morgan fingerprint density at radius 3 is 2.41 bits per heavy atom. The number of hydrogen-bond acceptors (Lipinski definition) is 3. The van der Waals surface area contributed by atoms with Crippen molar-refractivity contribution in [3.8, 4) is 0 Å². The third-order valence-corrected chi connectivity index (χ3v) is 6.81. The molecule has 0 aliphatic carbocycles. The quantitative estimate of drug-likeness (QED) is 0.275. The van der Waals surface area contributed by atoms with Crippen molar-refractivity contribution < 1.29 is 14.0 Å². The number of carbonyl (C=O) groups is 1. The van der Waals surface area contributed by atoms with E-state index >= 15 is 0 Å². The van der Waals surface area contributed by atoms with E-state index in [4.69, 9.17) is 9.16 Å². The summed E-state index contributed by atoms with van der Waals surface area (Å²) >= 11 is 0. The van der Waals surface area contributed by atoms with Crippen molar-refractivity contribution >= 4 is 14.3 Å². The number of hydrogen-bond donors (Lipinski definition) is 0. The Morgan fingerprint density at radius 2 is 1.94 bits per heavy atom. The molecule has 4 heteroatoms. The Morgan fingerprint density at radius 1 is 1.29 bits per heavy atom. The highest BCUT2D eigenvalue weighted by atomic mass is 28.4. The first-order valence-corrected chi connectivity index (χ1v) is 9.24. The lowest BCUT2D eigenvalue weighted by Crippen LogP contribution is -2.33. The molecule has 0 aromatic carbocycles. The van der Waals surface area contributed by atoms with Crippen molar-refractivity contribution in [3.63, 3.8) is 0 Å². The number of esters is 1. The molecule has 0 aromatic rings. The Hall–Kier alpha value is -0.613. The van der Waals surface area contributed by atoms with Crippen molar-refractivity contribution in [2.45, 2.75) is 52.2 Å². The van der Waals surface area contributed by atoms with Crippen LogP contribution in [0.1, 0.15) is 33.6 Å². The molecule has 0 bridgehead atoms. The van der Waals surface area contributed by atoms with Crippen LogP contribution in [0.3, 0.4) is 0 Å². The van der Waals surface area contributed by atoms with Crippen LogP contribution in [-0.2, 0) is 14.0 Å². The molecule has 0 aromatic heterocycles. The third kappa shape index (κ3) is 7.34. The van der Waals surface area contributed by atoms with Crippen molar-refractivity contribution in [3.05, 3.63) is 12.2 Å². The van der Waals surface area contributed by atoms with Gasteiger partial charge < -0.3 is 9.16 Å². The van der Waals surface area contributed by atoms with Crippen LogP contribution in [0.4, 0.5) is 0 Å². The third-order valence-electron chi connectivity index (χ3n) is 2.92. The molecule has 1 unspecified atom stereocenters. The SMILES string of the molecule is C=C(C)C(=O)OCCCC[Si](C)(CC)OCC. The van der Waals surface area contributed by atoms with Gasteiger partial charge in [-0.25, -0.2) is 4.79 Å². The monoisotopic (exact) mass is 258 g/mol. The molecule has 1 atom stereocenters. The van der Waals surface area contributed by atoms with Crippen LogP contribution in [0.2, 0.25) is 18.6 Å². The first-order valence-electron chi connectivity index (χ1n) is 6.41. The van der Waals surface area contributed by atoms with Gasteiger partial charge in [0.1, 0.15) is 0 Å². The molecular weight excluding hydrogens is 232 g/mol. The fourth-order valence-electron chi connectivity index (χ4n) is 1.59. The highest BCUT2D eigenvalue weighted by molar-refractivity contribution is 6.72. The van der Waals surface area contributed by atoms with E-state index in [9.17, 15) is 4.79 Å². The van der Waals surface area contributed by atoms with E-state index in [0.29, 0.717) is 12.2 Å². The van der Waals surface area contributed by atoms with E-state index in [1.165, 1.54) is 0 Å². The summed E-state index contributed by atoms with van der Waals surface area (Å²) in [5, 5.41) is 0. The molecule has 17 heavy (non-hydrogen) atoms. The molecule has 3 nitrogen and oxygen atoms in total. The zero-order valence-electron chi connectivity index (χ0n) is 11.7. The summed E-state index contributed by atoms with van der Waals surface area (Å²) in [4.78, 5) is 11.1. The second-order valence-corrected chi connectivity index (χ2v) is 9.01. The summed E-state index contributed by atoms with van der Waals surface area (Å²) in [5.74, 6) is -0.287. The summed E-state index contributed by atoms with van der Waals surface area (Å²) in [6, 6.07) is 2.29.